The van der Waals surface area contributed by atoms with Crippen LogP contribution in [0.15, 0.2) is 197 Å². The minimum absolute atomic E-state index is 0.0884. The Kier molecular flexibility index (Phi) is 17.6. The molecule has 4 aromatic heterocycles. The van der Waals surface area contributed by atoms with Gasteiger partial charge >= 0.3 is 0 Å². The van der Waals surface area contributed by atoms with Crippen LogP contribution in [0.4, 0.5) is 0 Å². The van der Waals surface area contributed by atoms with Crippen LogP contribution in [-0.2, 0) is 5.41 Å². The Morgan fingerprint density at radius 2 is 0.914 bits per heavy atom. The van der Waals surface area contributed by atoms with Gasteiger partial charge in [0.25, 0.3) is 0 Å². The lowest BCUT2D eigenvalue weighted by atomic mass is 9.82. The van der Waals surface area contributed by atoms with Crippen molar-refractivity contribution in [2.75, 3.05) is 0 Å². The highest BCUT2D eigenvalue weighted by Crippen LogP contribution is 3.22. The quantitative estimate of drug-likeness (QED) is 0.121. The van der Waals surface area contributed by atoms with E-state index in [2.05, 4.69) is 243 Å². The molecule has 0 saturated carbocycles. The summed E-state index contributed by atoms with van der Waals surface area (Å²) in [6.45, 7) is 5.49. The maximum atomic E-state index is 6.61. The molecular weight excluding hydrogens is 1290 g/mol. The topological polar surface area (TPSA) is 65.0 Å². The average Bonchev–Trinajstić information content (AvgIpc) is 4.43. The molecule has 0 spiro atoms. The SMILES string of the molecule is CC1(C)c2ccccc2-c2ccc(-c3nc(-c4ccccc4)nc(-c4cccc5oc6ccc(-c7cccc8oc9ccc(-c%10ccc%11sc%12ccccc%12c%11c%10)cc9c78)cc6c45)n3)cc21.PPP(P)P(P(P)P)P(P(P)P)P(P)P. The van der Waals surface area contributed by atoms with Crippen molar-refractivity contribution in [1.29, 1.82) is 0 Å². The molecule has 0 bridgehead atoms. The molecule has 14 rings (SSSR count). The summed E-state index contributed by atoms with van der Waals surface area (Å²) in [6, 6.07) is 66.6. The van der Waals surface area contributed by atoms with Crippen LogP contribution in [0.25, 0.3) is 132 Å². The minimum Gasteiger partial charge on any atom is -0.456 e. The van der Waals surface area contributed by atoms with Crippen LogP contribution in [-0.4, -0.2) is 15.0 Å². The van der Waals surface area contributed by atoms with Crippen LogP contribution in [0.5, 0.6) is 0 Å². The number of fused-ring (bicyclic) bond motifs is 12. The molecule has 21 heteroatoms. The number of nitrogens with zero attached hydrogens (tertiary/aromatic N) is 3. The highest BCUT2D eigenvalue weighted by atomic mass is 33.3. The molecule has 1 aliphatic carbocycles. The van der Waals surface area contributed by atoms with Gasteiger partial charge in [0.2, 0.25) is 0 Å². The van der Waals surface area contributed by atoms with E-state index in [1.165, 1.54) is 48.0 Å². The molecule has 1 aliphatic rings. The monoisotopic (exact) mass is 1350 g/mol. The third-order valence-corrected chi connectivity index (χ3v) is 104. The first-order chi connectivity index (χ1) is 39.2. The first-order valence-electron chi connectivity index (χ1n) is 25.6. The molecule has 4 heterocycles. The molecule has 0 fully saturated rings. The van der Waals surface area contributed by atoms with Crippen LogP contribution >= 0.6 is 133 Å². The van der Waals surface area contributed by atoms with E-state index in [4.69, 9.17) is 23.8 Å². The maximum Gasteiger partial charge on any atom is 0.164 e. The van der Waals surface area contributed by atoms with Crippen molar-refractivity contribution in [1.82, 2.24) is 15.0 Å². The zero-order valence-electron chi connectivity index (χ0n) is 43.8. The molecule has 13 aromatic rings. The van der Waals surface area contributed by atoms with Crippen LogP contribution in [0, 0.1) is 0 Å². The Balaban J connectivity index is 0.000000364. The fourth-order valence-electron chi connectivity index (χ4n) is 11.2. The second kappa shape index (κ2) is 24.4. The lowest BCUT2D eigenvalue weighted by Crippen LogP contribution is -2.15. The van der Waals surface area contributed by atoms with Gasteiger partial charge in [0.15, 0.2) is 17.5 Å². The molecule has 0 amide bonds. The number of thiophene rings is 1. The third-order valence-electron chi connectivity index (χ3n) is 14.9. The summed E-state index contributed by atoms with van der Waals surface area (Å²) in [5.74, 6) is 1.83. The molecule has 0 radical (unpaired) electrons. The van der Waals surface area contributed by atoms with Crippen molar-refractivity contribution in [3.8, 4) is 67.5 Å². The summed E-state index contributed by atoms with van der Waals surface area (Å²) in [6.07, 6.45) is 0. The van der Waals surface area contributed by atoms with Crippen LogP contribution < -0.4 is 0 Å². The smallest absolute Gasteiger partial charge is 0.164 e. The van der Waals surface area contributed by atoms with E-state index in [9.17, 15) is 0 Å². The molecule has 402 valence electrons. The van der Waals surface area contributed by atoms with Crippen LogP contribution in [0.2, 0.25) is 0 Å². The van der Waals surface area contributed by atoms with E-state index in [1.54, 1.807) is 0 Å². The van der Waals surface area contributed by atoms with E-state index in [1.807, 2.05) is 41.7 Å². The lowest BCUT2D eigenvalue weighted by molar-refractivity contribution is 0.660. The van der Waals surface area contributed by atoms with Crippen molar-refractivity contribution in [3.05, 3.63) is 199 Å². The van der Waals surface area contributed by atoms with E-state index >= 15 is 0 Å². The number of furan rings is 2. The Hall–Kier alpha value is -1.74. The lowest BCUT2D eigenvalue weighted by Gasteiger charge is -2.38. The Morgan fingerprint density at radius 1 is 0.395 bits per heavy atom. The van der Waals surface area contributed by atoms with Crippen LogP contribution in [0.1, 0.15) is 25.0 Å². The van der Waals surface area contributed by atoms with Gasteiger partial charge < -0.3 is 8.83 Å². The van der Waals surface area contributed by atoms with Crippen molar-refractivity contribution < 1.29 is 8.83 Å². The normalized spacial score (nSPS) is 14.0. The van der Waals surface area contributed by atoms with E-state index in [0.717, 1.165) is 85.2 Å². The second-order valence-electron chi connectivity index (χ2n) is 20.0. The van der Waals surface area contributed by atoms with Gasteiger partial charge in [-0.25, -0.2) is 15.0 Å². The summed E-state index contributed by atoms with van der Waals surface area (Å²) in [7, 11) is 25.6. The largest absolute Gasteiger partial charge is 0.456 e. The number of hydrogen-bond donors (Lipinski definition) is 0. The molecule has 0 saturated heterocycles. The molecule has 11 atom stereocenters. The predicted octanol–water partition coefficient (Wildman–Crippen LogP) is 25.0. The molecule has 9 aromatic carbocycles. The van der Waals surface area contributed by atoms with Gasteiger partial charge in [-0.15, -0.1) is 82.8 Å². The zero-order valence-corrected chi connectivity index (χ0v) is 60.2. The van der Waals surface area contributed by atoms with E-state index in [-0.39, 0.29) is 47.3 Å². The molecule has 81 heavy (non-hydrogen) atoms. The zero-order chi connectivity index (χ0) is 55.8. The first-order valence-corrected chi connectivity index (χ1v) is 53.0. The summed E-state index contributed by atoms with van der Waals surface area (Å²) < 4.78 is 15.8. The Morgan fingerprint density at radius 3 is 1.60 bits per heavy atom. The van der Waals surface area contributed by atoms with Crippen molar-refractivity contribution in [2.45, 2.75) is 19.3 Å². The molecular formula is C60H54N3O2P15S. The van der Waals surface area contributed by atoms with Gasteiger partial charge in [-0.05, 0) is 147 Å². The number of hydrogen-bond acceptors (Lipinski definition) is 6. The van der Waals surface area contributed by atoms with Gasteiger partial charge in [-0.2, -0.15) is 0 Å². The standard InChI is InChI=1S/C60H37N3O2S.H17P15/c1-60(2)47-18-8-6-14-40(47)41-26-22-38(33-48(41)60)58-61-57(34-12-4-3-5-13-34)62-59(63-58)43-17-11-20-52-56(43)46-32-37(24-28-50(46)65-52)39-16-10-19-51-55(39)45-31-35(23-27-49(45)64-51)36-25-29-54-44(30-36)42-15-7-9-21-53(42)66-54;1-9-13(8)15(12(6)7)14(10(2)3)11(4)5/h3-33H,1-2H3;9H,1-8H2. The van der Waals surface area contributed by atoms with Crippen molar-refractivity contribution in [3.63, 3.8) is 0 Å². The Bertz CT molecular complexity index is 4560. The van der Waals surface area contributed by atoms with Crippen molar-refractivity contribution >= 4 is 197 Å². The minimum atomic E-state index is -0.164. The maximum absolute atomic E-state index is 6.61. The van der Waals surface area contributed by atoms with Gasteiger partial charge in [-0.1, -0.05) is 149 Å². The predicted molar refractivity (Wildman–Crippen MR) is 400 cm³/mol. The highest BCUT2D eigenvalue weighted by molar-refractivity contribution is 9.28. The van der Waals surface area contributed by atoms with Gasteiger partial charge in [0, 0.05) is 63.8 Å². The van der Waals surface area contributed by atoms with Crippen molar-refractivity contribution in [2.24, 2.45) is 0 Å². The van der Waals surface area contributed by atoms with E-state index in [0.29, 0.717) is 17.5 Å². The van der Waals surface area contributed by atoms with Gasteiger partial charge in [0.1, 0.15) is 22.3 Å². The second-order valence-corrected chi connectivity index (χ2v) is 77.0. The number of rotatable bonds is 11. The molecule has 5 nitrogen and oxygen atoms in total. The molecule has 11 unspecified atom stereocenters. The third kappa shape index (κ3) is 11.1. The van der Waals surface area contributed by atoms with Gasteiger partial charge in [-0.3, -0.25) is 0 Å². The summed E-state index contributed by atoms with van der Waals surface area (Å²) >= 11 is 1.84. The van der Waals surface area contributed by atoms with Gasteiger partial charge in [0.05, 0.1) is 0 Å². The number of benzene rings is 9. The molecule has 0 N–H and O–H groups in total. The summed E-state index contributed by atoms with van der Waals surface area (Å²) in [5, 5.41) is 6.69. The summed E-state index contributed by atoms with van der Waals surface area (Å²) in [5.41, 5.74) is 15.5. The number of aromatic nitrogens is 3. The fourth-order valence-corrected chi connectivity index (χ4v) is 168. The fraction of sp³-hybridized carbons (Fsp3) is 0.0500. The average molecular weight is 1350 g/mol. The Labute approximate surface area is 502 Å². The van der Waals surface area contributed by atoms with Crippen LogP contribution in [0.3, 0.4) is 0 Å². The summed E-state index contributed by atoms with van der Waals surface area (Å²) in [4.78, 5) is 15.6. The molecule has 0 aliphatic heterocycles. The highest BCUT2D eigenvalue weighted by Gasteiger charge is 2.36. The van der Waals surface area contributed by atoms with E-state index < -0.39 is 0 Å². The first kappa shape index (κ1) is 58.3.